The summed E-state index contributed by atoms with van der Waals surface area (Å²) in [5.74, 6) is -2.15. The molecule has 0 spiro atoms. The maximum Gasteiger partial charge on any atom is 0.359 e. The van der Waals surface area contributed by atoms with E-state index in [1.807, 2.05) is 42.5 Å². The van der Waals surface area contributed by atoms with Crippen molar-refractivity contribution in [1.82, 2.24) is 15.2 Å². The van der Waals surface area contributed by atoms with Gasteiger partial charge in [0, 0.05) is 0 Å². The van der Waals surface area contributed by atoms with Gasteiger partial charge in [0.1, 0.15) is 22.9 Å². The molecule has 1 saturated heterocycles. The Morgan fingerprint density at radius 1 is 0.902 bits per heavy atom. The number of allylic oxidation sites excluding steroid dienone is 1. The van der Waals surface area contributed by atoms with Crippen molar-refractivity contribution in [3.05, 3.63) is 138 Å². The Morgan fingerprint density at radius 3 is 2.10 bits per heavy atom. The fourth-order valence-electron chi connectivity index (χ4n) is 5.22. The van der Waals surface area contributed by atoms with Crippen molar-refractivity contribution in [2.75, 3.05) is 12.9 Å². The summed E-state index contributed by atoms with van der Waals surface area (Å²) in [6, 6.07) is 33.2. The summed E-state index contributed by atoms with van der Waals surface area (Å²) in [5.41, 5.74) is 1.67. The smallest absolute Gasteiger partial charge is 0.359 e. The maximum absolute atomic E-state index is 14.3. The van der Waals surface area contributed by atoms with Crippen LogP contribution in [0.1, 0.15) is 24.2 Å². The van der Waals surface area contributed by atoms with Crippen molar-refractivity contribution in [3.63, 3.8) is 0 Å². The predicted octanol–water partition coefficient (Wildman–Crippen LogP) is 6.31. The van der Waals surface area contributed by atoms with Crippen molar-refractivity contribution in [2.24, 2.45) is 0 Å². The van der Waals surface area contributed by atoms with Crippen LogP contribution >= 0.6 is 32.9 Å². The van der Waals surface area contributed by atoms with E-state index in [2.05, 4.69) is 10.3 Å². The zero-order valence-electron chi connectivity index (χ0n) is 27.2. The number of nitrogens with zero attached hydrogens (tertiary/aromatic N) is 2. The van der Waals surface area contributed by atoms with Gasteiger partial charge in [-0.3, -0.25) is 14.5 Å². The van der Waals surface area contributed by atoms with Gasteiger partial charge in [0.15, 0.2) is 22.7 Å². The van der Waals surface area contributed by atoms with Gasteiger partial charge < -0.3 is 19.0 Å². The van der Waals surface area contributed by atoms with E-state index in [1.165, 1.54) is 39.8 Å². The molecule has 4 aromatic carbocycles. The van der Waals surface area contributed by atoms with E-state index in [0.717, 1.165) is 21.4 Å². The Hall–Kier alpha value is -4.83. The monoisotopic (exact) mass is 761 g/mol. The topological polar surface area (TPSA) is 141 Å². The van der Waals surface area contributed by atoms with Gasteiger partial charge in [0.2, 0.25) is 0 Å². The highest BCUT2D eigenvalue weighted by Gasteiger charge is 2.53. The molecule has 51 heavy (non-hydrogen) atoms. The van der Waals surface area contributed by atoms with Gasteiger partial charge in [-0.25, -0.2) is 9.78 Å². The highest BCUT2D eigenvalue weighted by Crippen LogP contribution is 2.46. The Labute approximate surface area is 306 Å². The van der Waals surface area contributed by atoms with Crippen LogP contribution in [0.3, 0.4) is 0 Å². The number of carbonyl (C=O) groups is 3. The molecular formula is C36H31N3O8S4. The van der Waals surface area contributed by atoms with Gasteiger partial charge in [0.05, 0.1) is 16.5 Å². The third-order valence-electron chi connectivity index (χ3n) is 7.44. The van der Waals surface area contributed by atoms with Crippen molar-refractivity contribution in [3.8, 4) is 5.75 Å². The lowest BCUT2D eigenvalue weighted by molar-refractivity contribution is -0.155. The zero-order valence-corrected chi connectivity index (χ0v) is 30.5. The van der Waals surface area contributed by atoms with Gasteiger partial charge in [-0.2, -0.15) is 8.42 Å². The van der Waals surface area contributed by atoms with Gasteiger partial charge in [-0.15, -0.1) is 11.3 Å². The molecule has 1 aliphatic heterocycles. The minimum absolute atomic E-state index is 0.368. The number of ether oxygens (including phenoxy) is 2. The molecule has 2 unspecified atom stereocenters. The molecule has 11 nitrogen and oxygen atoms in total. The molecule has 0 radical (unpaired) electrons. The van der Waals surface area contributed by atoms with Crippen LogP contribution in [-0.2, 0) is 33.4 Å². The van der Waals surface area contributed by atoms with Crippen molar-refractivity contribution in [2.45, 2.75) is 28.8 Å². The number of para-hydroxylation sites is 2. The number of esters is 1. The number of benzene rings is 4. The number of rotatable bonds is 14. The first-order valence-electron chi connectivity index (χ1n) is 15.5. The van der Waals surface area contributed by atoms with E-state index in [1.54, 1.807) is 72.8 Å². The second kappa shape index (κ2) is 16.0. The number of nitrogens with one attached hydrogen (secondary N) is 1. The molecule has 1 aromatic heterocycles. The molecule has 262 valence electrons. The van der Waals surface area contributed by atoms with Gasteiger partial charge >= 0.3 is 16.1 Å². The summed E-state index contributed by atoms with van der Waals surface area (Å²) in [7, 11) is -1.71. The SMILES string of the molecule is C/C(OS(C)(=O)=O)=C(\C(=O)OC(c1ccccc1)c1ccccc1)N1C(=O)C(NC(=O)COc2ccccc2)C1SSc1nc2ccccc2s1. The highest BCUT2D eigenvalue weighted by atomic mass is 33.1. The van der Waals surface area contributed by atoms with Crippen LogP contribution in [0, 0.1) is 0 Å². The minimum Gasteiger partial charge on any atom is -0.484 e. The molecule has 5 aromatic rings. The standard InChI is InChI=1S/C36H31N3O8S4/c1-23(47-51(2,43)44)31(35(42)46-32(24-14-6-3-7-15-24)25-16-8-4-9-17-25)39-33(41)30(38-29(40)22-45-26-18-10-5-11-19-26)34(39)49-50-36-37-27-20-12-13-21-28(27)48-36/h3-21,30,32,34H,22H2,1-2H3,(H,38,40)/b31-23-. The van der Waals surface area contributed by atoms with E-state index in [0.29, 0.717) is 21.2 Å². The summed E-state index contributed by atoms with van der Waals surface area (Å²) < 4.78 is 43.1. The van der Waals surface area contributed by atoms with Crippen LogP contribution in [0.4, 0.5) is 0 Å². The first-order chi connectivity index (χ1) is 24.6. The second-order valence-corrected chi connectivity index (χ2v) is 16.3. The summed E-state index contributed by atoms with van der Waals surface area (Å²) in [4.78, 5) is 47.0. The fraction of sp³-hybridized carbons (Fsp3) is 0.167. The van der Waals surface area contributed by atoms with Crippen LogP contribution in [0.25, 0.3) is 10.2 Å². The molecule has 0 bridgehead atoms. The predicted molar refractivity (Wildman–Crippen MR) is 197 cm³/mol. The molecular weight excluding hydrogens is 731 g/mol. The van der Waals surface area contributed by atoms with E-state index in [4.69, 9.17) is 13.7 Å². The summed E-state index contributed by atoms with van der Waals surface area (Å²) in [5, 5.41) is 1.80. The highest BCUT2D eigenvalue weighted by molar-refractivity contribution is 8.77. The number of β-lactam (4-membered cyclic amide) rings is 1. The van der Waals surface area contributed by atoms with Gasteiger partial charge in [-0.1, -0.05) is 102 Å². The number of amides is 2. The molecule has 2 heterocycles. The fourth-order valence-corrected chi connectivity index (χ4v) is 9.67. The number of likely N-dealkylation sites (tertiary alicyclic amines) is 1. The Kier molecular flexibility index (Phi) is 11.3. The van der Waals surface area contributed by atoms with E-state index in [-0.39, 0.29) is 12.4 Å². The molecule has 2 atom stereocenters. The van der Waals surface area contributed by atoms with E-state index < -0.39 is 51.1 Å². The molecule has 0 aliphatic carbocycles. The van der Waals surface area contributed by atoms with Crippen LogP contribution in [0.2, 0.25) is 0 Å². The quantitative estimate of drug-likeness (QED) is 0.0340. The number of fused-ring (bicyclic) bond motifs is 1. The summed E-state index contributed by atoms with van der Waals surface area (Å²) in [6.45, 7) is 0.903. The van der Waals surface area contributed by atoms with E-state index >= 15 is 0 Å². The number of carbonyl (C=O) groups excluding carboxylic acids is 3. The number of hydrogen-bond acceptors (Lipinski definition) is 12. The Bertz CT molecular complexity index is 2090. The Morgan fingerprint density at radius 2 is 1.49 bits per heavy atom. The average Bonchev–Trinajstić information content (AvgIpc) is 3.55. The summed E-state index contributed by atoms with van der Waals surface area (Å²) in [6.07, 6.45) is -0.0785. The molecule has 2 amide bonds. The van der Waals surface area contributed by atoms with Crippen LogP contribution in [-0.4, -0.2) is 60.4 Å². The molecule has 1 aliphatic rings. The van der Waals surface area contributed by atoms with Crippen molar-refractivity contribution < 1.29 is 36.5 Å². The van der Waals surface area contributed by atoms with Crippen molar-refractivity contribution in [1.29, 1.82) is 0 Å². The van der Waals surface area contributed by atoms with Crippen LogP contribution < -0.4 is 10.1 Å². The molecule has 15 heteroatoms. The first-order valence-corrected chi connectivity index (χ1v) is 20.3. The average molecular weight is 762 g/mol. The Balaban J connectivity index is 1.32. The maximum atomic E-state index is 14.3. The summed E-state index contributed by atoms with van der Waals surface area (Å²) >= 11 is 1.44. The lowest BCUT2D eigenvalue weighted by Crippen LogP contribution is -2.69. The van der Waals surface area contributed by atoms with Gasteiger partial charge in [0.25, 0.3) is 11.8 Å². The zero-order chi connectivity index (χ0) is 36.0. The molecule has 0 saturated carbocycles. The molecule has 1 fully saturated rings. The van der Waals surface area contributed by atoms with Gasteiger partial charge in [-0.05, 0) is 53.1 Å². The lowest BCUT2D eigenvalue weighted by atomic mass is 10.0. The third-order valence-corrected chi connectivity index (χ3v) is 12.0. The lowest BCUT2D eigenvalue weighted by Gasteiger charge is -2.46. The minimum atomic E-state index is -4.13. The van der Waals surface area contributed by atoms with Crippen LogP contribution in [0.5, 0.6) is 5.75 Å². The first kappa shape index (κ1) is 36.0. The number of hydrogen-bond donors (Lipinski definition) is 1. The number of thiazole rings is 1. The largest absolute Gasteiger partial charge is 0.484 e. The normalized spacial score (nSPS) is 16.3. The van der Waals surface area contributed by atoms with E-state index in [9.17, 15) is 22.8 Å². The molecule has 6 rings (SSSR count). The van der Waals surface area contributed by atoms with Crippen molar-refractivity contribution >= 4 is 71.0 Å². The van der Waals surface area contributed by atoms with Crippen LogP contribution in [0.15, 0.2) is 131 Å². The second-order valence-electron chi connectivity index (χ2n) is 11.2. The third kappa shape index (κ3) is 8.92. The number of aromatic nitrogens is 1. The molecule has 1 N–H and O–H groups in total.